The minimum atomic E-state index is -0.904. The molecule has 10 nitrogen and oxygen atoms in total. The summed E-state index contributed by atoms with van der Waals surface area (Å²) in [6.07, 6.45) is 6.55. The van der Waals surface area contributed by atoms with Crippen LogP contribution in [0.3, 0.4) is 0 Å². The third-order valence-electron chi connectivity index (χ3n) is 6.95. The first-order valence-electron chi connectivity index (χ1n) is 13.2. The summed E-state index contributed by atoms with van der Waals surface area (Å²) >= 11 is 0. The minimum absolute atomic E-state index is 0.0957. The number of aromatic nitrogens is 4. The van der Waals surface area contributed by atoms with Crippen LogP contribution in [0.4, 0.5) is 4.39 Å². The molecule has 1 amide bonds. The van der Waals surface area contributed by atoms with E-state index in [9.17, 15) is 9.18 Å². The summed E-state index contributed by atoms with van der Waals surface area (Å²) in [7, 11) is 0. The van der Waals surface area contributed by atoms with Gasteiger partial charge < -0.3 is 24.5 Å². The molecule has 1 saturated carbocycles. The van der Waals surface area contributed by atoms with Gasteiger partial charge in [-0.1, -0.05) is 6.42 Å². The Morgan fingerprint density at radius 3 is 2.64 bits per heavy atom. The average molecular weight is 535 g/mol. The Balaban J connectivity index is 1.39. The van der Waals surface area contributed by atoms with E-state index in [1.165, 1.54) is 18.6 Å². The predicted octanol–water partition coefficient (Wildman–Crippen LogP) is 4.47. The molecule has 2 aliphatic rings. The number of aromatic amines is 1. The van der Waals surface area contributed by atoms with Crippen LogP contribution in [0, 0.1) is 22.6 Å². The van der Waals surface area contributed by atoms with Crippen molar-refractivity contribution in [1.29, 1.82) is 5.26 Å². The number of carbonyl (C=O) groups excluding carboxylic acids is 1. The standard InChI is InChI=1S/C28H31FN6O4/c1-28(26(36)31-14-5-13-30)16-37-25(38-17-28)24-34-22(18-8-10-19(29)11-9-18)23(35-24)21-12-15-32-27(33-21)39-20-6-3-2-4-7-20/h8-12,15,20,25H,2-7,14,16-17H2,1H3,(H,31,36)(H,34,35). The van der Waals surface area contributed by atoms with Gasteiger partial charge in [-0.3, -0.25) is 4.79 Å². The Bertz CT molecular complexity index is 1320. The quantitative estimate of drug-likeness (QED) is 0.404. The van der Waals surface area contributed by atoms with Crippen LogP contribution in [-0.4, -0.2) is 51.7 Å². The van der Waals surface area contributed by atoms with Crippen molar-refractivity contribution in [1.82, 2.24) is 25.3 Å². The van der Waals surface area contributed by atoms with E-state index < -0.39 is 11.7 Å². The van der Waals surface area contributed by atoms with Crippen molar-refractivity contribution < 1.29 is 23.4 Å². The van der Waals surface area contributed by atoms with Gasteiger partial charge in [0.2, 0.25) is 12.2 Å². The number of hydrogen-bond acceptors (Lipinski definition) is 8. The Morgan fingerprint density at radius 2 is 1.92 bits per heavy atom. The fraction of sp³-hybridized carbons (Fsp3) is 0.464. The zero-order valence-electron chi connectivity index (χ0n) is 21.8. The summed E-state index contributed by atoms with van der Waals surface area (Å²) in [5, 5.41) is 11.5. The monoisotopic (exact) mass is 534 g/mol. The number of carbonyl (C=O) groups is 1. The van der Waals surface area contributed by atoms with Gasteiger partial charge in [-0.2, -0.15) is 10.2 Å². The Labute approximate surface area is 225 Å². The highest BCUT2D eigenvalue weighted by molar-refractivity contribution is 5.82. The van der Waals surface area contributed by atoms with Crippen molar-refractivity contribution in [2.45, 2.75) is 57.8 Å². The summed E-state index contributed by atoms with van der Waals surface area (Å²) in [4.78, 5) is 29.6. The highest BCUT2D eigenvalue weighted by Crippen LogP contribution is 2.36. The van der Waals surface area contributed by atoms with Crippen LogP contribution >= 0.6 is 0 Å². The number of ether oxygens (including phenoxy) is 3. The van der Waals surface area contributed by atoms with E-state index in [0.29, 0.717) is 34.5 Å². The maximum Gasteiger partial charge on any atom is 0.317 e. The van der Waals surface area contributed by atoms with Gasteiger partial charge in [-0.05, 0) is 62.9 Å². The molecule has 1 aliphatic carbocycles. The maximum atomic E-state index is 13.7. The largest absolute Gasteiger partial charge is 0.460 e. The highest BCUT2D eigenvalue weighted by atomic mass is 19.1. The fourth-order valence-electron chi connectivity index (χ4n) is 4.72. The normalized spacial score (nSPS) is 21.7. The number of nitrogens with zero attached hydrogens (tertiary/aromatic N) is 4. The molecule has 2 fully saturated rings. The number of benzene rings is 1. The molecule has 11 heteroatoms. The van der Waals surface area contributed by atoms with E-state index in [0.717, 1.165) is 25.7 Å². The van der Waals surface area contributed by atoms with Crippen LogP contribution in [0.15, 0.2) is 36.5 Å². The molecule has 2 N–H and O–H groups in total. The number of hydrogen-bond donors (Lipinski definition) is 2. The van der Waals surface area contributed by atoms with Crippen molar-refractivity contribution in [2.24, 2.45) is 5.41 Å². The molecular weight excluding hydrogens is 503 g/mol. The maximum absolute atomic E-state index is 13.7. The van der Waals surface area contributed by atoms with Gasteiger partial charge in [0.25, 0.3) is 0 Å². The third kappa shape index (κ3) is 6.24. The number of rotatable bonds is 8. The lowest BCUT2D eigenvalue weighted by Crippen LogP contribution is -2.48. The van der Waals surface area contributed by atoms with Crippen LogP contribution in [0.2, 0.25) is 0 Å². The number of nitriles is 1. The summed E-state index contributed by atoms with van der Waals surface area (Å²) in [6, 6.07) is 10.1. The zero-order valence-corrected chi connectivity index (χ0v) is 21.8. The fourth-order valence-corrected chi connectivity index (χ4v) is 4.72. The molecular formula is C28H31FN6O4. The van der Waals surface area contributed by atoms with Crippen LogP contribution in [0.25, 0.3) is 22.6 Å². The second-order valence-corrected chi connectivity index (χ2v) is 10.1. The molecule has 1 aromatic carbocycles. The number of imidazole rings is 1. The molecule has 39 heavy (non-hydrogen) atoms. The molecule has 0 unspecified atom stereocenters. The van der Waals surface area contributed by atoms with Gasteiger partial charge >= 0.3 is 6.01 Å². The summed E-state index contributed by atoms with van der Waals surface area (Å²) in [5.74, 6) is -0.202. The zero-order chi connectivity index (χ0) is 27.2. The van der Waals surface area contributed by atoms with E-state index in [2.05, 4.69) is 20.3 Å². The van der Waals surface area contributed by atoms with Crippen molar-refractivity contribution in [3.63, 3.8) is 0 Å². The van der Waals surface area contributed by atoms with E-state index >= 15 is 0 Å². The van der Waals surface area contributed by atoms with Gasteiger partial charge in [0.1, 0.15) is 11.9 Å². The van der Waals surface area contributed by atoms with Crippen molar-refractivity contribution in [3.8, 4) is 34.7 Å². The molecule has 2 aromatic heterocycles. The Hall–Kier alpha value is -3.88. The predicted molar refractivity (Wildman–Crippen MR) is 139 cm³/mol. The summed E-state index contributed by atoms with van der Waals surface area (Å²) < 4.78 is 31.6. The first-order valence-corrected chi connectivity index (χ1v) is 13.2. The lowest BCUT2D eigenvalue weighted by atomic mass is 9.91. The molecule has 1 saturated heterocycles. The van der Waals surface area contributed by atoms with Gasteiger partial charge in [0.05, 0.1) is 48.2 Å². The lowest BCUT2D eigenvalue weighted by molar-refractivity contribution is -0.231. The summed E-state index contributed by atoms with van der Waals surface area (Å²) in [6.45, 7) is 2.22. The van der Waals surface area contributed by atoms with Crippen LogP contribution in [0.5, 0.6) is 6.01 Å². The molecule has 0 bridgehead atoms. The van der Waals surface area contributed by atoms with Crippen molar-refractivity contribution >= 4 is 5.91 Å². The SMILES string of the molecule is CC1(C(=O)NCCC#N)COC(c2nc(-c3ccc(F)cc3)c(-c3ccnc(OC4CCCCC4)n3)[nH]2)OC1. The molecule has 0 radical (unpaired) electrons. The van der Waals surface area contributed by atoms with Gasteiger partial charge in [-0.15, -0.1) is 0 Å². The van der Waals surface area contributed by atoms with E-state index in [-0.39, 0.29) is 44.0 Å². The molecule has 5 rings (SSSR count). The Morgan fingerprint density at radius 1 is 1.18 bits per heavy atom. The topological polar surface area (TPSA) is 135 Å². The van der Waals surface area contributed by atoms with Gasteiger partial charge in [-0.25, -0.2) is 14.4 Å². The Kier molecular flexibility index (Phi) is 8.14. The molecule has 1 aliphatic heterocycles. The van der Waals surface area contributed by atoms with Crippen LogP contribution in [0.1, 0.15) is 57.6 Å². The minimum Gasteiger partial charge on any atom is -0.460 e. The second-order valence-electron chi connectivity index (χ2n) is 10.1. The molecule has 204 valence electrons. The summed E-state index contributed by atoms with van der Waals surface area (Å²) in [5.41, 5.74) is 1.47. The first-order chi connectivity index (χ1) is 18.9. The van der Waals surface area contributed by atoms with Crippen LogP contribution < -0.4 is 10.1 Å². The number of nitrogens with one attached hydrogen (secondary N) is 2. The molecule has 0 atom stereocenters. The van der Waals surface area contributed by atoms with Crippen molar-refractivity contribution in [3.05, 3.63) is 48.2 Å². The number of amides is 1. The highest BCUT2D eigenvalue weighted by Gasteiger charge is 2.40. The number of halogens is 1. The van der Waals surface area contributed by atoms with Gasteiger partial charge in [0.15, 0.2) is 5.82 Å². The number of H-pyrrole nitrogens is 1. The average Bonchev–Trinajstić information content (AvgIpc) is 3.40. The molecule has 3 heterocycles. The van der Waals surface area contributed by atoms with Crippen LogP contribution in [-0.2, 0) is 14.3 Å². The van der Waals surface area contributed by atoms with Gasteiger partial charge in [0, 0.05) is 18.3 Å². The van der Waals surface area contributed by atoms with E-state index in [4.69, 9.17) is 24.5 Å². The van der Waals surface area contributed by atoms with E-state index in [1.54, 1.807) is 31.3 Å². The first kappa shape index (κ1) is 26.7. The lowest BCUT2D eigenvalue weighted by Gasteiger charge is -2.35. The van der Waals surface area contributed by atoms with Crippen molar-refractivity contribution in [2.75, 3.05) is 19.8 Å². The third-order valence-corrected chi connectivity index (χ3v) is 6.95. The van der Waals surface area contributed by atoms with E-state index in [1.807, 2.05) is 6.07 Å². The smallest absolute Gasteiger partial charge is 0.317 e. The molecule has 3 aromatic rings. The second kappa shape index (κ2) is 11.9. The molecule has 0 spiro atoms.